The van der Waals surface area contributed by atoms with E-state index >= 15 is 8.78 Å². The number of hydrogen-bond donors (Lipinski definition) is 0. The highest BCUT2D eigenvalue weighted by Gasteiger charge is 2.56. The predicted octanol–water partition coefficient (Wildman–Crippen LogP) is 4.11. The molecule has 0 aliphatic carbocycles. The summed E-state index contributed by atoms with van der Waals surface area (Å²) >= 11 is 0. The van der Waals surface area contributed by atoms with Crippen LogP contribution in [0.2, 0.25) is 0 Å². The predicted molar refractivity (Wildman–Crippen MR) is 136 cm³/mol. The van der Waals surface area contributed by atoms with Gasteiger partial charge in [0.1, 0.15) is 11.2 Å². The Morgan fingerprint density at radius 1 is 0.974 bits per heavy atom. The van der Waals surface area contributed by atoms with Gasteiger partial charge in [0.05, 0.1) is 18.3 Å². The molecule has 1 atom stereocenters. The van der Waals surface area contributed by atoms with E-state index in [-0.39, 0.29) is 24.7 Å². The summed E-state index contributed by atoms with van der Waals surface area (Å²) in [6.45, 7) is 5.61. The molecule has 2 aliphatic rings. The van der Waals surface area contributed by atoms with E-state index in [4.69, 9.17) is 0 Å². The summed E-state index contributed by atoms with van der Waals surface area (Å²) in [5.74, 6) is 1.99. The Labute approximate surface area is 218 Å². The molecule has 0 radical (unpaired) electrons. The first-order valence-electron chi connectivity index (χ1n) is 12.2. The van der Waals surface area contributed by atoms with E-state index in [1.807, 2.05) is 19.9 Å². The van der Waals surface area contributed by atoms with Crippen molar-refractivity contribution in [2.24, 2.45) is 0 Å². The van der Waals surface area contributed by atoms with Crippen molar-refractivity contribution in [2.75, 3.05) is 22.9 Å². The largest absolute Gasteiger partial charge is 0.332 e. The fraction of sp³-hybridized carbons (Fsp3) is 0.286. The third-order valence-electron chi connectivity index (χ3n) is 6.81. The molecule has 1 aromatic heterocycles. The number of urea groups is 1. The summed E-state index contributed by atoms with van der Waals surface area (Å²) in [4.78, 5) is 43.3. The van der Waals surface area contributed by atoms with E-state index in [9.17, 15) is 14.4 Å². The van der Waals surface area contributed by atoms with Gasteiger partial charge >= 0.3 is 6.03 Å². The van der Waals surface area contributed by atoms with Gasteiger partial charge < -0.3 is 9.80 Å². The van der Waals surface area contributed by atoms with Gasteiger partial charge in [-0.15, -0.1) is 0 Å². The number of anilines is 2. The maximum absolute atomic E-state index is 15.2. The molecule has 0 bridgehead atoms. The number of fused-ring (bicyclic) bond motifs is 1. The van der Waals surface area contributed by atoms with E-state index < -0.39 is 47.1 Å². The third-order valence-corrected chi connectivity index (χ3v) is 6.81. The van der Waals surface area contributed by atoms with Crippen molar-refractivity contribution in [1.29, 1.82) is 0 Å². The minimum atomic E-state index is -1.50. The van der Waals surface area contributed by atoms with Gasteiger partial charge in [0.25, 0.3) is 5.91 Å². The number of carbonyl (C=O) groups is 3. The van der Waals surface area contributed by atoms with E-state index in [2.05, 4.69) is 16.9 Å². The molecule has 5 rings (SSSR count). The first-order valence-corrected chi connectivity index (χ1v) is 12.2. The Balaban J connectivity index is 1.43. The molecule has 2 aromatic carbocycles. The molecule has 194 valence electrons. The van der Waals surface area contributed by atoms with Gasteiger partial charge in [0.15, 0.2) is 11.6 Å². The molecule has 10 heteroatoms. The third kappa shape index (κ3) is 4.20. The topological polar surface area (TPSA) is 78.8 Å². The Kier molecular flexibility index (Phi) is 6.23. The van der Waals surface area contributed by atoms with Gasteiger partial charge in [0.2, 0.25) is 5.91 Å². The summed E-state index contributed by atoms with van der Waals surface area (Å²) in [6.07, 6.45) is 2.86. The van der Waals surface area contributed by atoms with Crippen molar-refractivity contribution in [1.82, 2.24) is 14.7 Å². The molecule has 8 nitrogen and oxygen atoms in total. The zero-order chi connectivity index (χ0) is 27.2. The maximum atomic E-state index is 15.2. The lowest BCUT2D eigenvalue weighted by Crippen LogP contribution is -2.72. The molecular formula is C28H25F2N5O3. The van der Waals surface area contributed by atoms with Crippen LogP contribution in [0.3, 0.4) is 0 Å². The number of piperazine rings is 1. The standard InChI is InChI=1S/C28H25F2N5O3/c1-18(2)34-17-21(16-31-34)32-11-12-33-27(38)35(24(36)15-28(33,3)26(32)37)25-22(29)13-20(14-23(25)30)10-9-19-7-5-4-6-8-19/h4-8,13-14,16-18H,11-12,15H2,1-3H3/t28-/m0/s1. The van der Waals surface area contributed by atoms with Crippen molar-refractivity contribution in [3.05, 3.63) is 77.6 Å². The van der Waals surface area contributed by atoms with Crippen molar-refractivity contribution in [3.8, 4) is 11.8 Å². The minimum absolute atomic E-state index is 0.0556. The molecule has 2 aliphatic heterocycles. The first-order chi connectivity index (χ1) is 18.1. The maximum Gasteiger partial charge on any atom is 0.332 e. The molecular weight excluding hydrogens is 492 g/mol. The Bertz CT molecular complexity index is 1480. The van der Waals surface area contributed by atoms with E-state index in [1.165, 1.54) is 16.7 Å². The fourth-order valence-corrected chi connectivity index (χ4v) is 4.77. The molecule has 38 heavy (non-hydrogen) atoms. The molecule has 3 heterocycles. The number of hydrogen-bond acceptors (Lipinski definition) is 4. The summed E-state index contributed by atoms with van der Waals surface area (Å²) in [7, 11) is 0. The van der Waals surface area contributed by atoms with Crippen molar-refractivity contribution in [2.45, 2.75) is 38.8 Å². The highest BCUT2D eigenvalue weighted by atomic mass is 19.1. The van der Waals surface area contributed by atoms with Crippen LogP contribution in [0, 0.1) is 23.5 Å². The fourth-order valence-electron chi connectivity index (χ4n) is 4.77. The van der Waals surface area contributed by atoms with Gasteiger partial charge in [-0.25, -0.2) is 18.5 Å². The monoisotopic (exact) mass is 517 g/mol. The van der Waals surface area contributed by atoms with Crippen LogP contribution in [-0.4, -0.2) is 51.2 Å². The molecule has 0 spiro atoms. The number of carbonyl (C=O) groups excluding carboxylic acids is 3. The van der Waals surface area contributed by atoms with Crippen LogP contribution in [0.25, 0.3) is 0 Å². The average molecular weight is 518 g/mol. The minimum Gasteiger partial charge on any atom is -0.307 e. The van der Waals surface area contributed by atoms with Crippen LogP contribution in [0.15, 0.2) is 54.9 Å². The van der Waals surface area contributed by atoms with Crippen molar-refractivity contribution in [3.63, 3.8) is 0 Å². The van der Waals surface area contributed by atoms with E-state index in [1.54, 1.807) is 41.3 Å². The van der Waals surface area contributed by atoms with E-state index in [0.717, 1.165) is 12.1 Å². The molecule has 0 saturated carbocycles. The summed E-state index contributed by atoms with van der Waals surface area (Å²) in [5.41, 5.74) is -1.01. The van der Waals surface area contributed by atoms with Gasteiger partial charge in [-0.1, -0.05) is 30.0 Å². The molecule has 0 N–H and O–H groups in total. The van der Waals surface area contributed by atoms with Gasteiger partial charge in [0, 0.05) is 36.5 Å². The average Bonchev–Trinajstić information content (AvgIpc) is 3.36. The Morgan fingerprint density at radius 3 is 2.26 bits per heavy atom. The van der Waals surface area contributed by atoms with Crippen LogP contribution in [0.4, 0.5) is 25.0 Å². The molecule has 2 fully saturated rings. The molecule has 2 saturated heterocycles. The normalized spacial score (nSPS) is 19.5. The first kappa shape index (κ1) is 25.1. The Morgan fingerprint density at radius 2 is 1.63 bits per heavy atom. The second-order valence-electron chi connectivity index (χ2n) is 9.75. The number of imide groups is 1. The highest BCUT2D eigenvalue weighted by molar-refractivity contribution is 6.20. The summed E-state index contributed by atoms with van der Waals surface area (Å²) in [6, 6.07) is 10.0. The van der Waals surface area contributed by atoms with Gasteiger partial charge in [-0.2, -0.15) is 5.10 Å². The zero-order valence-electron chi connectivity index (χ0n) is 21.1. The van der Waals surface area contributed by atoms with Crippen molar-refractivity contribution < 1.29 is 23.2 Å². The smallest absolute Gasteiger partial charge is 0.307 e. The number of halogens is 2. The number of aromatic nitrogens is 2. The number of nitrogens with zero attached hydrogens (tertiary/aromatic N) is 5. The van der Waals surface area contributed by atoms with Crippen LogP contribution in [0.5, 0.6) is 0 Å². The zero-order valence-corrected chi connectivity index (χ0v) is 21.1. The van der Waals surface area contributed by atoms with Crippen LogP contribution >= 0.6 is 0 Å². The highest BCUT2D eigenvalue weighted by Crippen LogP contribution is 2.38. The molecule has 4 amide bonds. The summed E-state index contributed by atoms with van der Waals surface area (Å²) in [5, 5.41) is 4.26. The Hall–Kier alpha value is -4.52. The van der Waals surface area contributed by atoms with Crippen molar-refractivity contribution >= 4 is 29.2 Å². The van der Waals surface area contributed by atoms with Gasteiger partial charge in [-0.3, -0.25) is 14.3 Å². The summed E-state index contributed by atoms with van der Waals surface area (Å²) < 4.78 is 32.0. The lowest BCUT2D eigenvalue weighted by Gasteiger charge is -2.51. The number of rotatable bonds is 3. The lowest BCUT2D eigenvalue weighted by atomic mass is 9.88. The van der Waals surface area contributed by atoms with Gasteiger partial charge in [-0.05, 0) is 45.0 Å². The SMILES string of the molecule is CC(C)n1cc(N2CCN3C(=O)N(c4c(F)cc(C#Cc5ccccc5)cc4F)C(=O)C[C@@]3(C)C2=O)cn1. The van der Waals surface area contributed by atoms with Crippen LogP contribution < -0.4 is 9.80 Å². The van der Waals surface area contributed by atoms with Crippen LogP contribution in [0.1, 0.15) is 44.4 Å². The number of benzene rings is 2. The second-order valence-corrected chi connectivity index (χ2v) is 9.75. The molecule has 0 unspecified atom stereocenters. The number of amides is 4. The van der Waals surface area contributed by atoms with Crippen LogP contribution in [-0.2, 0) is 9.59 Å². The lowest BCUT2D eigenvalue weighted by molar-refractivity contribution is -0.137. The second kappa shape index (κ2) is 9.41. The quantitative estimate of drug-likeness (QED) is 0.490. The molecule has 3 aromatic rings. The van der Waals surface area contributed by atoms with E-state index in [0.29, 0.717) is 16.2 Å².